The molecule has 7 heteroatoms. The van der Waals surface area contributed by atoms with Gasteiger partial charge in [0.1, 0.15) is 0 Å². The summed E-state index contributed by atoms with van der Waals surface area (Å²) in [6, 6.07) is 0. The molecule has 2 fully saturated rings. The van der Waals surface area contributed by atoms with Gasteiger partial charge in [0, 0.05) is 50.8 Å². The van der Waals surface area contributed by atoms with E-state index in [9.17, 15) is 0 Å². The smallest absolute Gasteiger partial charge is 0.191 e. The molecule has 2 heterocycles. The highest BCUT2D eigenvalue weighted by Gasteiger charge is 2.33. The van der Waals surface area contributed by atoms with Gasteiger partial charge in [-0.15, -0.1) is 0 Å². The first kappa shape index (κ1) is 23.4. The second-order valence-electron chi connectivity index (χ2n) is 8.75. The maximum atomic E-state index is 5.87. The predicted molar refractivity (Wildman–Crippen MR) is 114 cm³/mol. The van der Waals surface area contributed by atoms with Crippen LogP contribution in [0.5, 0.6) is 0 Å². The van der Waals surface area contributed by atoms with Crippen LogP contribution >= 0.6 is 0 Å². The number of guanidine groups is 1. The average molecular weight is 399 g/mol. The first-order valence-corrected chi connectivity index (χ1v) is 11.0. The summed E-state index contributed by atoms with van der Waals surface area (Å²) in [6.07, 6.45) is 2.65. The van der Waals surface area contributed by atoms with Gasteiger partial charge in [0.05, 0.1) is 32.0 Å². The van der Waals surface area contributed by atoms with Crippen molar-refractivity contribution in [3.63, 3.8) is 0 Å². The molecule has 2 aliphatic heterocycles. The number of hydrogen-bond donors (Lipinski definition) is 2. The second kappa shape index (κ2) is 12.0. The Bertz CT molecular complexity index is 457. The lowest BCUT2D eigenvalue weighted by atomic mass is 10.0. The van der Waals surface area contributed by atoms with Gasteiger partial charge in [0.2, 0.25) is 0 Å². The summed E-state index contributed by atoms with van der Waals surface area (Å²) in [4.78, 5) is 7.35. The highest BCUT2D eigenvalue weighted by molar-refractivity contribution is 5.79. The van der Waals surface area contributed by atoms with E-state index in [0.717, 1.165) is 78.0 Å². The zero-order valence-electron chi connectivity index (χ0n) is 18.6. The van der Waals surface area contributed by atoms with E-state index >= 15 is 0 Å². The maximum absolute atomic E-state index is 5.87. The van der Waals surface area contributed by atoms with Gasteiger partial charge in [-0.2, -0.15) is 0 Å². The van der Waals surface area contributed by atoms with Crippen LogP contribution in [-0.4, -0.2) is 87.8 Å². The quantitative estimate of drug-likeness (QED) is 0.333. The average Bonchev–Trinajstić information content (AvgIpc) is 3.15. The highest BCUT2D eigenvalue weighted by atomic mass is 16.5. The van der Waals surface area contributed by atoms with E-state index in [-0.39, 0.29) is 17.7 Å². The Balaban J connectivity index is 1.70. The number of morpholine rings is 1. The standard InChI is InChI=1S/C21H42N4O3/c1-6-22-20(23-9-7-10-26-14-19-8-11-27-15-19)24-16-21(4,5)25-12-17(2)28-18(3)13-25/h17-19H,6-16H2,1-5H3,(H2,22,23,24). The van der Waals surface area contributed by atoms with Gasteiger partial charge in [-0.05, 0) is 47.5 Å². The summed E-state index contributed by atoms with van der Waals surface area (Å²) in [5.74, 6) is 1.47. The Hall–Kier alpha value is -0.890. The van der Waals surface area contributed by atoms with Crippen LogP contribution in [0, 0.1) is 5.92 Å². The molecule has 0 saturated carbocycles. The summed E-state index contributed by atoms with van der Waals surface area (Å²) in [7, 11) is 0. The summed E-state index contributed by atoms with van der Waals surface area (Å²) in [5.41, 5.74) is 0.00111. The first-order chi connectivity index (χ1) is 13.4. The lowest BCUT2D eigenvalue weighted by Crippen LogP contribution is -2.56. The van der Waals surface area contributed by atoms with E-state index in [2.05, 4.69) is 50.2 Å². The highest BCUT2D eigenvalue weighted by Crippen LogP contribution is 2.21. The molecule has 0 radical (unpaired) electrons. The number of rotatable bonds is 10. The van der Waals surface area contributed by atoms with Gasteiger partial charge in [0.15, 0.2) is 5.96 Å². The van der Waals surface area contributed by atoms with Crippen molar-refractivity contribution in [1.29, 1.82) is 0 Å². The molecule has 7 nitrogen and oxygen atoms in total. The second-order valence-corrected chi connectivity index (χ2v) is 8.75. The van der Waals surface area contributed by atoms with Crippen molar-refractivity contribution >= 4 is 5.96 Å². The van der Waals surface area contributed by atoms with Crippen LogP contribution in [0.3, 0.4) is 0 Å². The van der Waals surface area contributed by atoms with E-state index in [0.29, 0.717) is 5.92 Å². The molecule has 0 aromatic carbocycles. The normalized spacial score (nSPS) is 27.2. The molecule has 2 saturated heterocycles. The summed E-state index contributed by atoms with van der Waals surface area (Å²) < 4.78 is 17.0. The molecule has 0 bridgehead atoms. The molecular formula is C21H42N4O3. The van der Waals surface area contributed by atoms with Crippen LogP contribution in [0.25, 0.3) is 0 Å². The van der Waals surface area contributed by atoms with Crippen LogP contribution in [0.2, 0.25) is 0 Å². The minimum atomic E-state index is 0.00111. The summed E-state index contributed by atoms with van der Waals surface area (Å²) in [6.45, 7) is 18.6. The van der Waals surface area contributed by atoms with Gasteiger partial charge < -0.3 is 24.8 Å². The van der Waals surface area contributed by atoms with Crippen molar-refractivity contribution in [1.82, 2.24) is 15.5 Å². The number of aliphatic imine (C=N–C) groups is 1. The van der Waals surface area contributed by atoms with Gasteiger partial charge in [-0.3, -0.25) is 9.89 Å². The third-order valence-electron chi connectivity index (χ3n) is 5.38. The van der Waals surface area contributed by atoms with E-state index in [1.165, 1.54) is 0 Å². The fourth-order valence-electron chi connectivity index (χ4n) is 3.73. The van der Waals surface area contributed by atoms with Gasteiger partial charge >= 0.3 is 0 Å². The minimum Gasteiger partial charge on any atom is -0.381 e. The van der Waals surface area contributed by atoms with Gasteiger partial charge in [-0.1, -0.05) is 0 Å². The van der Waals surface area contributed by atoms with Crippen LogP contribution in [0.4, 0.5) is 0 Å². The molecular weight excluding hydrogens is 356 g/mol. The molecule has 0 spiro atoms. The third-order valence-corrected chi connectivity index (χ3v) is 5.38. The Morgan fingerprint density at radius 1 is 1.21 bits per heavy atom. The number of nitrogens with zero attached hydrogens (tertiary/aromatic N) is 2. The number of nitrogens with one attached hydrogen (secondary N) is 2. The fourth-order valence-corrected chi connectivity index (χ4v) is 3.73. The van der Waals surface area contributed by atoms with E-state index < -0.39 is 0 Å². The molecule has 3 atom stereocenters. The molecule has 0 aromatic rings. The van der Waals surface area contributed by atoms with Gasteiger partial charge in [-0.25, -0.2) is 0 Å². The SMILES string of the molecule is CCNC(=NCC(C)(C)N1CC(C)OC(C)C1)NCCCOCC1CCOC1. The number of hydrogen-bond acceptors (Lipinski definition) is 5. The monoisotopic (exact) mass is 398 g/mol. The van der Waals surface area contributed by atoms with Crippen LogP contribution < -0.4 is 10.6 Å². The molecule has 0 aromatic heterocycles. The molecule has 2 rings (SSSR count). The summed E-state index contributed by atoms with van der Waals surface area (Å²) in [5, 5.41) is 6.78. The summed E-state index contributed by atoms with van der Waals surface area (Å²) >= 11 is 0. The Kier molecular flexibility index (Phi) is 9.99. The van der Waals surface area contributed by atoms with Crippen LogP contribution in [0.1, 0.15) is 47.5 Å². The number of ether oxygens (including phenoxy) is 3. The molecule has 164 valence electrons. The lowest BCUT2D eigenvalue weighted by molar-refractivity contribution is -0.0939. The maximum Gasteiger partial charge on any atom is 0.191 e. The van der Waals surface area contributed by atoms with E-state index in [1.807, 2.05) is 0 Å². The predicted octanol–water partition coefficient (Wildman–Crippen LogP) is 1.87. The fraction of sp³-hybridized carbons (Fsp3) is 0.952. The van der Waals surface area contributed by atoms with Crippen molar-refractivity contribution in [2.75, 3.05) is 59.2 Å². The van der Waals surface area contributed by atoms with Crippen molar-refractivity contribution in [2.24, 2.45) is 10.9 Å². The first-order valence-electron chi connectivity index (χ1n) is 11.0. The van der Waals surface area contributed by atoms with Crippen molar-refractivity contribution in [3.05, 3.63) is 0 Å². The van der Waals surface area contributed by atoms with Gasteiger partial charge in [0.25, 0.3) is 0 Å². The van der Waals surface area contributed by atoms with E-state index in [4.69, 9.17) is 19.2 Å². The molecule has 0 aliphatic carbocycles. The Morgan fingerprint density at radius 2 is 1.96 bits per heavy atom. The van der Waals surface area contributed by atoms with Crippen molar-refractivity contribution in [2.45, 2.75) is 65.2 Å². The topological polar surface area (TPSA) is 67.4 Å². The molecule has 2 N–H and O–H groups in total. The van der Waals surface area contributed by atoms with Crippen molar-refractivity contribution in [3.8, 4) is 0 Å². The molecule has 2 aliphatic rings. The van der Waals surface area contributed by atoms with Crippen LogP contribution in [0.15, 0.2) is 4.99 Å². The lowest BCUT2D eigenvalue weighted by Gasteiger charge is -2.44. The zero-order chi connectivity index (χ0) is 20.4. The molecule has 28 heavy (non-hydrogen) atoms. The van der Waals surface area contributed by atoms with E-state index in [1.54, 1.807) is 0 Å². The van der Waals surface area contributed by atoms with Crippen molar-refractivity contribution < 1.29 is 14.2 Å². The zero-order valence-corrected chi connectivity index (χ0v) is 18.6. The minimum absolute atomic E-state index is 0.00111. The molecule has 0 amide bonds. The van der Waals surface area contributed by atoms with Crippen LogP contribution in [-0.2, 0) is 14.2 Å². The molecule has 3 unspecified atom stereocenters. The Morgan fingerprint density at radius 3 is 2.61 bits per heavy atom. The third kappa shape index (κ3) is 8.23. The largest absolute Gasteiger partial charge is 0.381 e. The Labute approximate surface area is 171 Å².